The lowest BCUT2D eigenvalue weighted by molar-refractivity contribution is -0.385. The van der Waals surface area contributed by atoms with Crippen LogP contribution in [0.1, 0.15) is 44.0 Å². The van der Waals surface area contributed by atoms with Crippen molar-refractivity contribution in [3.05, 3.63) is 69.8 Å². The Morgan fingerprint density at radius 1 is 1.12 bits per heavy atom. The van der Waals surface area contributed by atoms with Gasteiger partial charge in [0.25, 0.3) is 5.69 Å². The molecular formula is C19H24N2O4. The molecule has 0 aliphatic carbocycles. The van der Waals surface area contributed by atoms with E-state index in [-0.39, 0.29) is 17.8 Å². The molecule has 6 heteroatoms. The Kier molecular flexibility index (Phi) is 6.50. The number of nitrogens with zero attached hydrogens (tertiary/aromatic N) is 1. The quantitative estimate of drug-likeness (QED) is 0.562. The minimum absolute atomic E-state index is 0.0228. The van der Waals surface area contributed by atoms with Gasteiger partial charge in [-0.3, -0.25) is 10.1 Å². The largest absolute Gasteiger partial charge is 0.491 e. The van der Waals surface area contributed by atoms with Gasteiger partial charge in [-0.1, -0.05) is 24.3 Å². The zero-order valence-electron chi connectivity index (χ0n) is 14.7. The van der Waals surface area contributed by atoms with Crippen LogP contribution >= 0.6 is 0 Å². The highest BCUT2D eigenvalue weighted by molar-refractivity contribution is 5.35. The van der Waals surface area contributed by atoms with Crippen LogP contribution in [0.5, 0.6) is 5.75 Å². The maximum atomic E-state index is 10.8. The van der Waals surface area contributed by atoms with Crippen molar-refractivity contribution in [3.63, 3.8) is 0 Å². The van der Waals surface area contributed by atoms with Crippen molar-refractivity contribution >= 4 is 5.69 Å². The number of ether oxygens (including phenoxy) is 1. The van der Waals surface area contributed by atoms with Gasteiger partial charge in [0.1, 0.15) is 5.75 Å². The van der Waals surface area contributed by atoms with Gasteiger partial charge in [-0.25, -0.2) is 0 Å². The Morgan fingerprint density at radius 3 is 2.40 bits per heavy atom. The van der Waals surface area contributed by atoms with E-state index < -0.39 is 11.0 Å². The number of nitro groups is 1. The Labute approximate surface area is 147 Å². The summed E-state index contributed by atoms with van der Waals surface area (Å²) in [5, 5.41) is 24.3. The van der Waals surface area contributed by atoms with Crippen molar-refractivity contribution in [1.82, 2.24) is 5.32 Å². The third kappa shape index (κ3) is 5.55. The Bertz CT molecular complexity index is 701. The summed E-state index contributed by atoms with van der Waals surface area (Å²) >= 11 is 0. The number of non-ortho nitro benzene ring substituents is 1. The van der Waals surface area contributed by atoms with Gasteiger partial charge >= 0.3 is 0 Å². The third-order valence-electron chi connectivity index (χ3n) is 3.84. The van der Waals surface area contributed by atoms with E-state index in [4.69, 9.17) is 4.74 Å². The van der Waals surface area contributed by atoms with Gasteiger partial charge in [-0.2, -0.15) is 0 Å². The first-order valence-electron chi connectivity index (χ1n) is 8.29. The highest BCUT2D eigenvalue weighted by Crippen LogP contribution is 2.21. The first kappa shape index (κ1) is 18.9. The molecule has 134 valence electrons. The van der Waals surface area contributed by atoms with E-state index in [1.165, 1.54) is 12.1 Å². The summed E-state index contributed by atoms with van der Waals surface area (Å²) in [6.45, 7) is 6.26. The van der Waals surface area contributed by atoms with E-state index >= 15 is 0 Å². The molecule has 0 spiro atoms. The summed E-state index contributed by atoms with van der Waals surface area (Å²) in [6.07, 6.45) is -0.683. The van der Waals surface area contributed by atoms with Crippen LogP contribution in [-0.4, -0.2) is 22.7 Å². The molecule has 0 saturated carbocycles. The predicted molar refractivity (Wildman–Crippen MR) is 96.7 cm³/mol. The smallest absolute Gasteiger partial charge is 0.269 e. The van der Waals surface area contributed by atoms with Crippen molar-refractivity contribution in [1.29, 1.82) is 0 Å². The molecule has 2 rings (SSSR count). The molecule has 0 fully saturated rings. The van der Waals surface area contributed by atoms with Crippen LogP contribution in [0.15, 0.2) is 48.5 Å². The summed E-state index contributed by atoms with van der Waals surface area (Å²) in [5.74, 6) is 0.822. The molecular weight excluding hydrogens is 320 g/mol. The molecule has 2 N–H and O–H groups in total. The first-order valence-corrected chi connectivity index (χ1v) is 8.29. The van der Waals surface area contributed by atoms with Crippen LogP contribution in [0.3, 0.4) is 0 Å². The van der Waals surface area contributed by atoms with Crippen LogP contribution < -0.4 is 10.1 Å². The van der Waals surface area contributed by atoms with E-state index in [1.807, 2.05) is 45.0 Å². The lowest BCUT2D eigenvalue weighted by Crippen LogP contribution is -2.24. The van der Waals surface area contributed by atoms with Crippen LogP contribution in [0.25, 0.3) is 0 Å². The molecule has 0 bridgehead atoms. The van der Waals surface area contributed by atoms with Gasteiger partial charge in [0.05, 0.1) is 17.1 Å². The number of hydrogen-bond donors (Lipinski definition) is 2. The topological polar surface area (TPSA) is 84.6 Å². The predicted octanol–water partition coefficient (Wildman–Crippen LogP) is 3.77. The van der Waals surface area contributed by atoms with E-state index in [0.717, 1.165) is 11.3 Å². The molecule has 2 aromatic carbocycles. The van der Waals surface area contributed by atoms with Gasteiger partial charge < -0.3 is 15.2 Å². The van der Waals surface area contributed by atoms with Gasteiger partial charge in [-0.15, -0.1) is 0 Å². The molecule has 0 saturated heterocycles. The van der Waals surface area contributed by atoms with E-state index in [1.54, 1.807) is 12.1 Å². The highest BCUT2D eigenvalue weighted by atomic mass is 16.6. The molecule has 25 heavy (non-hydrogen) atoms. The average molecular weight is 344 g/mol. The second-order valence-corrected chi connectivity index (χ2v) is 6.23. The summed E-state index contributed by atoms with van der Waals surface area (Å²) in [5.41, 5.74) is 1.57. The second-order valence-electron chi connectivity index (χ2n) is 6.23. The van der Waals surface area contributed by atoms with E-state index in [9.17, 15) is 15.2 Å². The van der Waals surface area contributed by atoms with Gasteiger partial charge in [0.15, 0.2) is 0 Å². The van der Waals surface area contributed by atoms with Crippen LogP contribution in [-0.2, 0) is 0 Å². The Hall–Kier alpha value is -2.44. The number of aliphatic hydroxyl groups is 1. The maximum Gasteiger partial charge on any atom is 0.269 e. The number of nitrogens with one attached hydrogen (secondary N) is 1. The number of hydrogen-bond acceptors (Lipinski definition) is 5. The fourth-order valence-corrected chi connectivity index (χ4v) is 2.48. The maximum absolute atomic E-state index is 10.8. The van der Waals surface area contributed by atoms with Gasteiger partial charge in [0.2, 0.25) is 0 Å². The normalized spacial score (nSPS) is 13.5. The van der Waals surface area contributed by atoms with Crippen molar-refractivity contribution < 1.29 is 14.8 Å². The standard InChI is InChI=1S/C19H24N2O4/c1-13(2)25-18-9-7-15(8-10-18)14(3)20-12-19(22)16-5-4-6-17(11-16)21(23)24/h4-11,13-14,19-20,22H,12H2,1-3H3. The first-order chi connectivity index (χ1) is 11.9. The third-order valence-corrected chi connectivity index (χ3v) is 3.84. The lowest BCUT2D eigenvalue weighted by Gasteiger charge is -2.18. The fraction of sp³-hybridized carbons (Fsp3) is 0.368. The number of benzene rings is 2. The molecule has 0 radical (unpaired) electrons. The Balaban J connectivity index is 1.93. The van der Waals surface area contributed by atoms with Gasteiger partial charge in [-0.05, 0) is 44.0 Å². The second kappa shape index (κ2) is 8.60. The van der Waals surface area contributed by atoms with Crippen molar-refractivity contribution in [2.75, 3.05) is 6.54 Å². The highest BCUT2D eigenvalue weighted by Gasteiger charge is 2.14. The molecule has 6 nitrogen and oxygen atoms in total. The van der Waals surface area contributed by atoms with Crippen LogP contribution in [0.4, 0.5) is 5.69 Å². The van der Waals surface area contributed by atoms with Crippen LogP contribution in [0, 0.1) is 10.1 Å². The minimum Gasteiger partial charge on any atom is -0.491 e. The SMILES string of the molecule is CC(C)Oc1ccc(C(C)NCC(O)c2cccc([N+](=O)[O-])c2)cc1. The minimum atomic E-state index is -0.814. The average Bonchev–Trinajstić information content (AvgIpc) is 2.59. The van der Waals surface area contributed by atoms with Gasteiger partial charge in [0, 0.05) is 24.7 Å². The summed E-state index contributed by atoms with van der Waals surface area (Å²) in [6, 6.07) is 13.9. The van der Waals surface area contributed by atoms with Crippen molar-refractivity contribution in [2.24, 2.45) is 0 Å². The molecule has 2 unspecified atom stereocenters. The molecule has 0 heterocycles. The van der Waals surface area contributed by atoms with E-state index in [2.05, 4.69) is 5.32 Å². The molecule has 2 atom stereocenters. The fourth-order valence-electron chi connectivity index (χ4n) is 2.48. The molecule has 0 aliphatic heterocycles. The molecule has 0 aromatic heterocycles. The van der Waals surface area contributed by atoms with Crippen LogP contribution in [0.2, 0.25) is 0 Å². The molecule has 2 aromatic rings. The Morgan fingerprint density at radius 2 is 1.80 bits per heavy atom. The number of rotatable bonds is 8. The monoisotopic (exact) mass is 344 g/mol. The van der Waals surface area contributed by atoms with Crippen molar-refractivity contribution in [3.8, 4) is 5.75 Å². The van der Waals surface area contributed by atoms with E-state index in [0.29, 0.717) is 12.1 Å². The zero-order chi connectivity index (χ0) is 18.4. The lowest BCUT2D eigenvalue weighted by atomic mass is 10.1. The van der Waals surface area contributed by atoms with Crippen molar-refractivity contribution in [2.45, 2.75) is 39.0 Å². The summed E-state index contributed by atoms with van der Waals surface area (Å²) < 4.78 is 5.62. The zero-order valence-corrected chi connectivity index (χ0v) is 14.7. The number of nitro benzene ring substituents is 1. The molecule has 0 amide bonds. The number of aliphatic hydroxyl groups excluding tert-OH is 1. The summed E-state index contributed by atoms with van der Waals surface area (Å²) in [4.78, 5) is 10.4. The summed E-state index contributed by atoms with van der Waals surface area (Å²) in [7, 11) is 0. The molecule has 0 aliphatic rings.